The molecule has 31 heavy (non-hydrogen) atoms. The average Bonchev–Trinajstić information content (AvgIpc) is 3.17. The van der Waals surface area contributed by atoms with E-state index < -0.39 is 10.0 Å². The first-order chi connectivity index (χ1) is 14.8. The van der Waals surface area contributed by atoms with Crippen LogP contribution in [0.5, 0.6) is 5.75 Å². The molecule has 166 valence electrons. The highest BCUT2D eigenvalue weighted by atomic mass is 79.9. The summed E-state index contributed by atoms with van der Waals surface area (Å²) in [5, 5.41) is 0.271. The van der Waals surface area contributed by atoms with Crippen molar-refractivity contribution in [2.24, 2.45) is 5.92 Å². The van der Waals surface area contributed by atoms with Gasteiger partial charge in [0.1, 0.15) is 5.75 Å². The van der Waals surface area contributed by atoms with Gasteiger partial charge in [-0.05, 0) is 68.1 Å². The van der Waals surface area contributed by atoms with E-state index in [9.17, 15) is 13.2 Å². The summed E-state index contributed by atoms with van der Waals surface area (Å²) < 4.78 is 34.0. The van der Waals surface area contributed by atoms with Crippen LogP contribution in [0.4, 0.5) is 5.69 Å². The second-order valence-corrected chi connectivity index (χ2v) is 11.0. The molecule has 1 fully saturated rings. The molecule has 0 aromatic heterocycles. The first kappa shape index (κ1) is 22.6. The molecule has 0 N–H and O–H groups in total. The quantitative estimate of drug-likeness (QED) is 0.575. The zero-order valence-electron chi connectivity index (χ0n) is 17.2. The Morgan fingerprint density at radius 2 is 1.90 bits per heavy atom. The molecular weight excluding hydrogens is 504 g/mol. The number of nitrogens with zero attached hydrogens (tertiary/aromatic N) is 2. The number of sulfonamides is 1. The van der Waals surface area contributed by atoms with Crippen LogP contribution in [0, 0.1) is 5.92 Å². The minimum atomic E-state index is -3.67. The Labute approximate surface area is 196 Å². The molecule has 2 aliphatic heterocycles. The van der Waals surface area contributed by atoms with E-state index in [1.54, 1.807) is 6.07 Å². The molecule has 9 heteroatoms. The van der Waals surface area contributed by atoms with Crippen LogP contribution >= 0.6 is 27.5 Å². The number of carbonyl (C=O) groups is 1. The zero-order chi connectivity index (χ0) is 22.2. The van der Waals surface area contributed by atoms with Crippen LogP contribution in [-0.2, 0) is 21.2 Å². The average molecular weight is 528 g/mol. The highest BCUT2D eigenvalue weighted by Crippen LogP contribution is 2.34. The van der Waals surface area contributed by atoms with Crippen LogP contribution in [0.25, 0.3) is 0 Å². The monoisotopic (exact) mass is 526 g/mol. The van der Waals surface area contributed by atoms with Crippen LogP contribution in [0.1, 0.15) is 25.3 Å². The summed E-state index contributed by atoms with van der Waals surface area (Å²) in [4.78, 5) is 15.1. The molecule has 0 unspecified atom stereocenters. The minimum Gasteiger partial charge on any atom is -0.492 e. The van der Waals surface area contributed by atoms with E-state index in [0.29, 0.717) is 44.8 Å². The standard InChI is InChI=1S/C22H24BrClN2O4S/c1-2-30-21-6-4-18(14-19(21)24)31(28,29)25-10-7-15(8-11-25)22(27)26-12-9-16-13-17(23)3-5-20(16)26/h3-6,13-15H,2,7-12H2,1H3. The Balaban J connectivity index is 1.43. The topological polar surface area (TPSA) is 66.9 Å². The van der Waals surface area contributed by atoms with Gasteiger partial charge in [-0.2, -0.15) is 4.31 Å². The predicted molar refractivity (Wildman–Crippen MR) is 124 cm³/mol. The molecule has 0 spiro atoms. The van der Waals surface area contributed by atoms with Gasteiger partial charge in [-0.3, -0.25) is 4.79 Å². The van der Waals surface area contributed by atoms with Crippen molar-refractivity contribution in [1.82, 2.24) is 4.31 Å². The molecule has 0 bridgehead atoms. The van der Waals surface area contributed by atoms with Gasteiger partial charge in [-0.1, -0.05) is 27.5 Å². The summed E-state index contributed by atoms with van der Waals surface area (Å²) in [6, 6.07) is 10.5. The molecule has 1 saturated heterocycles. The van der Waals surface area contributed by atoms with Crippen LogP contribution in [0.2, 0.25) is 5.02 Å². The second kappa shape index (κ2) is 9.10. The van der Waals surface area contributed by atoms with Gasteiger partial charge < -0.3 is 9.64 Å². The fraction of sp³-hybridized carbons (Fsp3) is 0.409. The Morgan fingerprint density at radius 3 is 2.58 bits per heavy atom. The maximum atomic E-state index is 13.1. The number of halogens is 2. The van der Waals surface area contributed by atoms with Gasteiger partial charge in [0.15, 0.2) is 0 Å². The fourth-order valence-corrected chi connectivity index (χ4v) is 6.43. The highest BCUT2D eigenvalue weighted by molar-refractivity contribution is 9.10. The van der Waals surface area contributed by atoms with Crippen molar-refractivity contribution in [3.63, 3.8) is 0 Å². The molecule has 0 saturated carbocycles. The van der Waals surface area contributed by atoms with Crippen molar-refractivity contribution in [2.45, 2.75) is 31.1 Å². The van der Waals surface area contributed by atoms with Crippen molar-refractivity contribution in [2.75, 3.05) is 31.1 Å². The van der Waals surface area contributed by atoms with Crippen molar-refractivity contribution < 1.29 is 17.9 Å². The molecule has 2 aromatic rings. The minimum absolute atomic E-state index is 0.0854. The SMILES string of the molecule is CCOc1ccc(S(=O)(=O)N2CCC(C(=O)N3CCc4cc(Br)ccc43)CC2)cc1Cl. The number of hydrogen-bond acceptors (Lipinski definition) is 4. The number of fused-ring (bicyclic) bond motifs is 1. The normalized spacial score (nSPS) is 17.6. The smallest absolute Gasteiger partial charge is 0.243 e. The Hall–Kier alpha value is -1.61. The molecule has 2 aromatic carbocycles. The predicted octanol–water partition coefficient (Wildman–Crippen LogP) is 4.49. The molecule has 2 heterocycles. The van der Waals surface area contributed by atoms with E-state index in [-0.39, 0.29) is 21.7 Å². The number of carbonyl (C=O) groups excluding carboxylic acids is 1. The first-order valence-electron chi connectivity index (χ1n) is 10.3. The van der Waals surface area contributed by atoms with E-state index in [1.807, 2.05) is 24.0 Å². The Bertz CT molecular complexity index is 1100. The summed E-state index contributed by atoms with van der Waals surface area (Å²) in [6.45, 7) is 3.58. The summed E-state index contributed by atoms with van der Waals surface area (Å²) in [5.74, 6) is 0.373. The van der Waals surface area contributed by atoms with Gasteiger partial charge in [0.25, 0.3) is 0 Å². The maximum Gasteiger partial charge on any atom is 0.243 e. The van der Waals surface area contributed by atoms with Gasteiger partial charge >= 0.3 is 0 Å². The number of hydrogen-bond donors (Lipinski definition) is 0. The van der Waals surface area contributed by atoms with Crippen molar-refractivity contribution in [3.8, 4) is 5.75 Å². The molecule has 4 rings (SSSR count). The van der Waals surface area contributed by atoms with Crippen molar-refractivity contribution >= 4 is 49.1 Å². The molecule has 0 radical (unpaired) electrons. The third kappa shape index (κ3) is 4.49. The third-order valence-electron chi connectivity index (χ3n) is 5.85. The van der Waals surface area contributed by atoms with Crippen molar-refractivity contribution in [1.29, 1.82) is 0 Å². The fourth-order valence-electron chi connectivity index (χ4n) is 4.23. The number of piperidine rings is 1. The van der Waals surface area contributed by atoms with E-state index in [0.717, 1.165) is 22.1 Å². The van der Waals surface area contributed by atoms with Crippen molar-refractivity contribution in [3.05, 3.63) is 51.5 Å². The lowest BCUT2D eigenvalue weighted by molar-refractivity contribution is -0.123. The zero-order valence-corrected chi connectivity index (χ0v) is 20.3. The Morgan fingerprint density at radius 1 is 1.16 bits per heavy atom. The van der Waals surface area contributed by atoms with Gasteiger partial charge in [0.05, 0.1) is 16.5 Å². The summed E-state index contributed by atoms with van der Waals surface area (Å²) in [6.07, 6.45) is 1.85. The molecule has 2 aliphatic rings. The van der Waals surface area contributed by atoms with Crippen LogP contribution in [0.3, 0.4) is 0 Å². The lowest BCUT2D eigenvalue weighted by atomic mass is 9.96. The van der Waals surface area contributed by atoms with Crippen LogP contribution in [0.15, 0.2) is 45.8 Å². The molecule has 0 atom stereocenters. The van der Waals surface area contributed by atoms with Gasteiger partial charge in [-0.25, -0.2) is 8.42 Å². The molecule has 1 amide bonds. The lowest BCUT2D eigenvalue weighted by Gasteiger charge is -2.32. The van der Waals surface area contributed by atoms with E-state index >= 15 is 0 Å². The molecule has 0 aliphatic carbocycles. The molecule has 6 nitrogen and oxygen atoms in total. The number of rotatable bonds is 5. The largest absolute Gasteiger partial charge is 0.492 e. The third-order valence-corrected chi connectivity index (χ3v) is 8.53. The first-order valence-corrected chi connectivity index (χ1v) is 12.9. The van der Waals surface area contributed by atoms with E-state index in [2.05, 4.69) is 22.0 Å². The number of benzene rings is 2. The van der Waals surface area contributed by atoms with E-state index in [1.165, 1.54) is 16.4 Å². The lowest BCUT2D eigenvalue weighted by Crippen LogP contribution is -2.44. The summed E-state index contributed by atoms with van der Waals surface area (Å²) in [5.41, 5.74) is 2.13. The van der Waals surface area contributed by atoms with E-state index in [4.69, 9.17) is 16.3 Å². The number of anilines is 1. The molecular formula is C22H24BrClN2O4S. The highest BCUT2D eigenvalue weighted by Gasteiger charge is 2.36. The van der Waals surface area contributed by atoms with Crippen LogP contribution in [-0.4, -0.2) is 44.9 Å². The van der Waals surface area contributed by atoms with Crippen LogP contribution < -0.4 is 9.64 Å². The van der Waals surface area contributed by atoms with Gasteiger partial charge in [0, 0.05) is 35.7 Å². The maximum absolute atomic E-state index is 13.1. The summed E-state index contributed by atoms with van der Waals surface area (Å²) in [7, 11) is -3.67. The summed E-state index contributed by atoms with van der Waals surface area (Å²) >= 11 is 9.66. The second-order valence-electron chi connectivity index (χ2n) is 7.72. The number of ether oxygens (including phenoxy) is 1. The number of amides is 1. The Kier molecular flexibility index (Phi) is 6.62. The van der Waals surface area contributed by atoms with Gasteiger partial charge in [-0.15, -0.1) is 0 Å². The van der Waals surface area contributed by atoms with Gasteiger partial charge in [0.2, 0.25) is 15.9 Å².